The summed E-state index contributed by atoms with van der Waals surface area (Å²) in [7, 11) is 0. The van der Waals surface area contributed by atoms with E-state index in [-0.39, 0.29) is 16.9 Å². The quantitative estimate of drug-likeness (QED) is 0.472. The van der Waals surface area contributed by atoms with Crippen molar-refractivity contribution in [3.8, 4) is 0 Å². The topological polar surface area (TPSA) is 160 Å². The summed E-state index contributed by atoms with van der Waals surface area (Å²) in [6, 6.07) is 0. The number of hydrogen-bond donors (Lipinski definition) is 3. The van der Waals surface area contributed by atoms with Crippen LogP contribution in [0.4, 0.5) is 5.13 Å². The van der Waals surface area contributed by atoms with Crippen LogP contribution in [0.15, 0.2) is 24.7 Å². The summed E-state index contributed by atoms with van der Waals surface area (Å²) < 4.78 is 5.45. The van der Waals surface area contributed by atoms with Gasteiger partial charge in [0.05, 0.1) is 5.75 Å². The first-order chi connectivity index (χ1) is 12.5. The summed E-state index contributed by atoms with van der Waals surface area (Å²) in [5, 5.41) is 18.3. The Balaban J connectivity index is 1.53. The second-order valence-corrected chi connectivity index (χ2v) is 6.81. The van der Waals surface area contributed by atoms with Gasteiger partial charge in [0.1, 0.15) is 5.51 Å². The van der Waals surface area contributed by atoms with E-state index in [4.69, 9.17) is 4.42 Å². The second kappa shape index (κ2) is 8.05. The van der Waals surface area contributed by atoms with Gasteiger partial charge in [0, 0.05) is 17.7 Å². The Bertz CT molecular complexity index is 1010. The molecule has 0 radical (unpaired) electrons. The Morgan fingerprint density at radius 2 is 2.12 bits per heavy atom. The van der Waals surface area contributed by atoms with Gasteiger partial charge in [0.2, 0.25) is 16.9 Å². The molecule has 0 aromatic carbocycles. The van der Waals surface area contributed by atoms with E-state index in [9.17, 15) is 14.4 Å². The fourth-order valence-corrected chi connectivity index (χ4v) is 3.11. The molecule has 0 saturated heterocycles. The monoisotopic (exact) mass is 395 g/mol. The predicted molar refractivity (Wildman–Crippen MR) is 93.4 cm³/mol. The minimum atomic E-state index is -0.542. The Morgan fingerprint density at radius 1 is 1.27 bits per heavy atom. The van der Waals surface area contributed by atoms with Crippen LogP contribution in [0.2, 0.25) is 0 Å². The molecule has 0 aliphatic rings. The molecule has 0 bridgehead atoms. The number of rotatable bonds is 7. The van der Waals surface area contributed by atoms with E-state index >= 15 is 0 Å². The lowest BCUT2D eigenvalue weighted by Crippen LogP contribution is -2.27. The fraction of sp³-hybridized carbons (Fsp3) is 0.308. The van der Waals surface area contributed by atoms with Crippen LogP contribution in [0, 0.1) is 6.92 Å². The molecule has 136 valence electrons. The van der Waals surface area contributed by atoms with Crippen molar-refractivity contribution < 1.29 is 9.21 Å². The minimum absolute atomic E-state index is 0.0832. The van der Waals surface area contributed by atoms with E-state index in [0.717, 1.165) is 11.8 Å². The first-order valence-electron chi connectivity index (χ1n) is 7.34. The number of thioether (sulfide) groups is 1. The van der Waals surface area contributed by atoms with E-state index in [1.54, 1.807) is 6.92 Å². The number of nitrogens with zero attached hydrogens (tertiary/aromatic N) is 4. The van der Waals surface area contributed by atoms with Crippen LogP contribution in [0.3, 0.4) is 0 Å². The van der Waals surface area contributed by atoms with Gasteiger partial charge in [-0.15, -0.1) is 20.4 Å². The van der Waals surface area contributed by atoms with Gasteiger partial charge >= 0.3 is 5.69 Å². The number of anilines is 1. The number of H-pyrrole nitrogens is 2. The molecule has 0 spiro atoms. The highest BCUT2D eigenvalue weighted by atomic mass is 32.2. The van der Waals surface area contributed by atoms with Crippen molar-refractivity contribution in [2.24, 2.45) is 0 Å². The molecule has 0 fully saturated rings. The Hall–Kier alpha value is -2.80. The van der Waals surface area contributed by atoms with Crippen LogP contribution >= 0.6 is 23.1 Å². The molecule has 13 heteroatoms. The lowest BCUT2D eigenvalue weighted by Gasteiger charge is -2.01. The third-order valence-corrected chi connectivity index (χ3v) is 4.65. The number of nitrogens with one attached hydrogen (secondary N) is 3. The van der Waals surface area contributed by atoms with Crippen LogP contribution < -0.4 is 16.6 Å². The Labute approximate surface area is 153 Å². The highest BCUT2D eigenvalue weighted by Gasteiger charge is 2.13. The average molecular weight is 395 g/mol. The van der Waals surface area contributed by atoms with Crippen LogP contribution in [-0.4, -0.2) is 42.0 Å². The molecule has 0 atom stereocenters. The third kappa shape index (κ3) is 4.64. The van der Waals surface area contributed by atoms with E-state index in [1.807, 2.05) is 0 Å². The first kappa shape index (κ1) is 18.0. The molecular formula is C13H13N7O4S2. The number of carbonyl (C=O) groups excluding carboxylic acids is 1. The van der Waals surface area contributed by atoms with Gasteiger partial charge in [-0.05, 0) is 13.3 Å². The highest BCUT2D eigenvalue weighted by Crippen LogP contribution is 2.17. The lowest BCUT2D eigenvalue weighted by molar-refractivity contribution is -0.113. The molecule has 3 aromatic heterocycles. The van der Waals surface area contributed by atoms with E-state index in [2.05, 4.69) is 35.7 Å². The molecule has 0 saturated carbocycles. The zero-order valence-corrected chi connectivity index (χ0v) is 15.1. The summed E-state index contributed by atoms with van der Waals surface area (Å²) in [5.41, 5.74) is 1.49. The van der Waals surface area contributed by atoms with E-state index < -0.39 is 11.2 Å². The number of carbonyl (C=O) groups is 1. The van der Waals surface area contributed by atoms with Crippen molar-refractivity contribution in [1.82, 2.24) is 30.4 Å². The third-order valence-electron chi connectivity index (χ3n) is 3.23. The van der Waals surface area contributed by atoms with Gasteiger partial charge in [-0.2, -0.15) is 0 Å². The maximum Gasteiger partial charge on any atom is 0.325 e. The Kier molecular flexibility index (Phi) is 5.58. The van der Waals surface area contributed by atoms with Gasteiger partial charge in [0.15, 0.2) is 0 Å². The summed E-state index contributed by atoms with van der Waals surface area (Å²) >= 11 is 2.31. The first-order valence-corrected chi connectivity index (χ1v) is 9.21. The summed E-state index contributed by atoms with van der Waals surface area (Å²) in [4.78, 5) is 39.4. The van der Waals surface area contributed by atoms with Crippen molar-refractivity contribution in [2.75, 3.05) is 11.1 Å². The summed E-state index contributed by atoms with van der Waals surface area (Å²) in [6.45, 7) is 1.65. The van der Waals surface area contributed by atoms with Crippen LogP contribution in [0.5, 0.6) is 0 Å². The van der Waals surface area contributed by atoms with Crippen LogP contribution in [-0.2, 0) is 17.6 Å². The molecule has 0 unspecified atom stereocenters. The molecule has 3 aromatic rings. The van der Waals surface area contributed by atoms with Gasteiger partial charge in [-0.3, -0.25) is 19.9 Å². The smallest absolute Gasteiger partial charge is 0.325 e. The summed E-state index contributed by atoms with van der Waals surface area (Å²) in [5.74, 6) is 0.156. The minimum Gasteiger partial charge on any atom is -0.416 e. The molecule has 3 heterocycles. The largest absolute Gasteiger partial charge is 0.416 e. The van der Waals surface area contributed by atoms with Crippen molar-refractivity contribution in [2.45, 2.75) is 25.0 Å². The standard InChI is InChI=1S/C13H13N7O4S2/c1-6-7(10(22)17-11(23)15-6)2-3-9-18-20-13(24-9)25-4-8(21)16-12-19-14-5-26-12/h5H,2-4H2,1H3,(H,16,19,21)(H2,15,17,22,23). The fourth-order valence-electron chi connectivity index (χ4n) is 2.07. The molecule has 26 heavy (non-hydrogen) atoms. The highest BCUT2D eigenvalue weighted by molar-refractivity contribution is 7.99. The lowest BCUT2D eigenvalue weighted by atomic mass is 10.1. The molecule has 1 amide bonds. The molecule has 11 nitrogen and oxygen atoms in total. The number of hydrogen-bond acceptors (Lipinski definition) is 10. The normalized spacial score (nSPS) is 10.8. The molecule has 3 rings (SSSR count). The maximum atomic E-state index is 11.8. The van der Waals surface area contributed by atoms with Crippen molar-refractivity contribution in [3.05, 3.63) is 43.5 Å². The SMILES string of the molecule is Cc1[nH]c(=O)[nH]c(=O)c1CCc1nnc(SCC(=O)Nc2nncs2)o1. The van der Waals surface area contributed by atoms with Gasteiger partial charge < -0.3 is 9.40 Å². The number of aromatic amines is 2. The molecular weight excluding hydrogens is 382 g/mol. The number of aromatic nitrogens is 6. The second-order valence-electron chi connectivity index (χ2n) is 5.05. The summed E-state index contributed by atoms with van der Waals surface area (Å²) in [6.07, 6.45) is 0.669. The van der Waals surface area contributed by atoms with Crippen molar-refractivity contribution in [3.63, 3.8) is 0 Å². The number of aryl methyl sites for hydroxylation is 2. The van der Waals surface area contributed by atoms with Gasteiger partial charge in [-0.1, -0.05) is 23.1 Å². The molecule has 3 N–H and O–H groups in total. The molecule has 0 aliphatic carbocycles. The van der Waals surface area contributed by atoms with Crippen molar-refractivity contribution in [1.29, 1.82) is 0 Å². The average Bonchev–Trinajstić information content (AvgIpc) is 3.23. The van der Waals surface area contributed by atoms with Crippen molar-refractivity contribution >= 4 is 34.1 Å². The Morgan fingerprint density at radius 3 is 2.85 bits per heavy atom. The van der Waals surface area contributed by atoms with Crippen LogP contribution in [0.1, 0.15) is 17.1 Å². The van der Waals surface area contributed by atoms with E-state index in [0.29, 0.717) is 35.1 Å². The van der Waals surface area contributed by atoms with E-state index in [1.165, 1.54) is 16.8 Å². The van der Waals surface area contributed by atoms with Gasteiger partial charge in [-0.25, -0.2) is 4.79 Å². The van der Waals surface area contributed by atoms with Gasteiger partial charge in [0.25, 0.3) is 10.8 Å². The van der Waals surface area contributed by atoms with Crippen LogP contribution in [0.25, 0.3) is 0 Å². The maximum absolute atomic E-state index is 11.8. The predicted octanol–water partition coefficient (Wildman–Crippen LogP) is 0.122. The zero-order valence-electron chi connectivity index (χ0n) is 13.4. The zero-order chi connectivity index (χ0) is 18.5. The number of amides is 1. The molecule has 0 aliphatic heterocycles.